The third kappa shape index (κ3) is 2.57. The third-order valence-corrected chi connectivity index (χ3v) is 3.33. The van der Waals surface area contributed by atoms with E-state index in [1.807, 2.05) is 4.90 Å². The monoisotopic (exact) mass is 290 g/mol. The first-order chi connectivity index (χ1) is 10.2. The predicted molar refractivity (Wildman–Crippen MR) is 75.8 cm³/mol. The molecule has 0 spiro atoms. The second-order valence-corrected chi connectivity index (χ2v) is 4.59. The van der Waals surface area contributed by atoms with E-state index in [-0.39, 0.29) is 5.69 Å². The maximum atomic E-state index is 10.9. The number of non-ortho nitro benzene ring substituents is 1. The minimum atomic E-state index is -0.442. The molecule has 1 aliphatic rings. The molecule has 2 heterocycles. The quantitative estimate of drug-likeness (QED) is 0.623. The van der Waals surface area contributed by atoms with Crippen molar-refractivity contribution in [1.82, 2.24) is 9.97 Å². The van der Waals surface area contributed by atoms with Gasteiger partial charge in [0.15, 0.2) is 0 Å². The first-order valence-corrected chi connectivity index (χ1v) is 6.52. The highest BCUT2D eigenvalue weighted by Gasteiger charge is 2.18. The minimum absolute atomic E-state index is 0.00354. The Labute approximate surface area is 120 Å². The molecule has 3 rings (SSSR count). The summed E-state index contributed by atoms with van der Waals surface area (Å²) in [5.74, 6) is 0.916. The number of aromatic nitrogens is 2. The number of hydrogen-bond acceptors (Lipinski definition) is 7. The van der Waals surface area contributed by atoms with Gasteiger partial charge in [-0.05, 0) is 6.07 Å². The van der Waals surface area contributed by atoms with E-state index in [1.54, 1.807) is 6.07 Å². The number of methoxy groups -OCH3 is 1. The number of anilines is 1. The van der Waals surface area contributed by atoms with E-state index < -0.39 is 4.92 Å². The molecule has 1 aromatic carbocycles. The number of ether oxygens (including phenoxy) is 2. The second kappa shape index (κ2) is 5.49. The van der Waals surface area contributed by atoms with E-state index in [0.717, 1.165) is 0 Å². The molecule has 8 heteroatoms. The highest BCUT2D eigenvalue weighted by molar-refractivity contribution is 5.86. The van der Waals surface area contributed by atoms with E-state index in [9.17, 15) is 10.1 Å². The Morgan fingerprint density at radius 2 is 2.10 bits per heavy atom. The zero-order valence-electron chi connectivity index (χ0n) is 11.5. The molecular weight excluding hydrogens is 276 g/mol. The van der Waals surface area contributed by atoms with Crippen molar-refractivity contribution in [3.63, 3.8) is 0 Å². The van der Waals surface area contributed by atoms with Gasteiger partial charge >= 0.3 is 0 Å². The first kappa shape index (κ1) is 13.5. The molecule has 1 aromatic heterocycles. The first-order valence-electron chi connectivity index (χ1n) is 6.52. The Kier molecular flexibility index (Phi) is 3.53. The van der Waals surface area contributed by atoms with Crippen molar-refractivity contribution in [3.05, 3.63) is 28.3 Å². The summed E-state index contributed by atoms with van der Waals surface area (Å²) in [6.45, 7) is 2.59. The van der Waals surface area contributed by atoms with E-state index in [4.69, 9.17) is 9.47 Å². The summed E-state index contributed by atoms with van der Waals surface area (Å²) in [5.41, 5.74) is 0.494. The summed E-state index contributed by atoms with van der Waals surface area (Å²) in [5, 5.41) is 11.5. The van der Waals surface area contributed by atoms with Crippen LogP contribution in [0.5, 0.6) is 5.88 Å². The lowest BCUT2D eigenvalue weighted by molar-refractivity contribution is -0.384. The lowest BCUT2D eigenvalue weighted by Gasteiger charge is -2.27. The molecule has 0 unspecified atom stereocenters. The van der Waals surface area contributed by atoms with Gasteiger partial charge in [-0.1, -0.05) is 0 Å². The van der Waals surface area contributed by atoms with Crippen molar-refractivity contribution in [1.29, 1.82) is 0 Å². The van der Waals surface area contributed by atoms with E-state index in [2.05, 4.69) is 9.97 Å². The summed E-state index contributed by atoms with van der Waals surface area (Å²) in [6.07, 6.45) is 0. The van der Waals surface area contributed by atoms with Crippen LogP contribution in [0.25, 0.3) is 10.9 Å². The Morgan fingerprint density at radius 3 is 2.76 bits per heavy atom. The Balaban J connectivity index is 2.11. The highest BCUT2D eigenvalue weighted by Crippen LogP contribution is 2.28. The lowest BCUT2D eigenvalue weighted by Crippen LogP contribution is -2.37. The van der Waals surface area contributed by atoms with E-state index in [1.165, 1.54) is 19.2 Å². The topological polar surface area (TPSA) is 90.6 Å². The Hall–Kier alpha value is -2.48. The number of benzene rings is 1. The predicted octanol–water partition coefficient (Wildman–Crippen LogP) is 1.38. The van der Waals surface area contributed by atoms with E-state index in [0.29, 0.717) is 49.0 Å². The van der Waals surface area contributed by atoms with Gasteiger partial charge in [-0.2, -0.15) is 4.98 Å². The molecule has 110 valence electrons. The maximum Gasteiger partial charge on any atom is 0.271 e. The van der Waals surface area contributed by atoms with Crippen molar-refractivity contribution in [2.24, 2.45) is 0 Å². The van der Waals surface area contributed by atoms with Crippen molar-refractivity contribution < 1.29 is 14.4 Å². The van der Waals surface area contributed by atoms with Crippen molar-refractivity contribution in [2.75, 3.05) is 38.3 Å². The Bertz CT molecular complexity index is 685. The van der Waals surface area contributed by atoms with Crippen LogP contribution in [0, 0.1) is 10.1 Å². The average Bonchev–Trinajstić information content (AvgIpc) is 2.54. The molecular formula is C13H14N4O4. The maximum absolute atomic E-state index is 10.9. The number of nitro benzene ring substituents is 1. The standard InChI is InChI=1S/C13H14N4O4/c1-20-12-10-3-2-9(17(18)19)8-11(10)14-13(15-12)16-4-6-21-7-5-16/h2-3,8H,4-7H2,1H3. The molecule has 2 aromatic rings. The highest BCUT2D eigenvalue weighted by atomic mass is 16.6. The number of fused-ring (bicyclic) bond motifs is 1. The Morgan fingerprint density at radius 1 is 1.33 bits per heavy atom. The van der Waals surface area contributed by atoms with E-state index >= 15 is 0 Å². The largest absolute Gasteiger partial charge is 0.480 e. The van der Waals surface area contributed by atoms with Gasteiger partial charge < -0.3 is 14.4 Å². The van der Waals surface area contributed by atoms with Crippen LogP contribution in [0.2, 0.25) is 0 Å². The van der Waals surface area contributed by atoms with Crippen LogP contribution in [0.1, 0.15) is 0 Å². The van der Waals surface area contributed by atoms with Crippen LogP contribution in [-0.2, 0) is 4.74 Å². The molecule has 0 radical (unpaired) electrons. The van der Waals surface area contributed by atoms with Crippen LogP contribution < -0.4 is 9.64 Å². The lowest BCUT2D eigenvalue weighted by atomic mass is 10.2. The molecule has 1 fully saturated rings. The van der Waals surface area contributed by atoms with Gasteiger partial charge in [0.05, 0.1) is 36.1 Å². The molecule has 0 aliphatic carbocycles. The average molecular weight is 290 g/mol. The van der Waals surface area contributed by atoms with Gasteiger partial charge in [-0.15, -0.1) is 0 Å². The number of nitrogens with zero attached hydrogens (tertiary/aromatic N) is 4. The van der Waals surface area contributed by atoms with Crippen LogP contribution in [-0.4, -0.2) is 48.3 Å². The van der Waals surface area contributed by atoms with Gasteiger partial charge in [0, 0.05) is 25.2 Å². The fraction of sp³-hybridized carbons (Fsp3) is 0.385. The number of rotatable bonds is 3. The summed E-state index contributed by atoms with van der Waals surface area (Å²) < 4.78 is 10.6. The number of nitro groups is 1. The molecule has 0 saturated carbocycles. The second-order valence-electron chi connectivity index (χ2n) is 4.59. The fourth-order valence-electron chi connectivity index (χ4n) is 2.25. The van der Waals surface area contributed by atoms with Crippen molar-refractivity contribution >= 4 is 22.5 Å². The minimum Gasteiger partial charge on any atom is -0.480 e. The van der Waals surface area contributed by atoms with Crippen LogP contribution in [0.15, 0.2) is 18.2 Å². The normalized spacial score (nSPS) is 15.2. The van der Waals surface area contributed by atoms with Crippen LogP contribution >= 0.6 is 0 Å². The molecule has 0 bridgehead atoms. The zero-order valence-corrected chi connectivity index (χ0v) is 11.5. The summed E-state index contributed by atoms with van der Waals surface area (Å²) in [7, 11) is 1.52. The van der Waals surface area contributed by atoms with Crippen LogP contribution in [0.3, 0.4) is 0 Å². The van der Waals surface area contributed by atoms with Crippen molar-refractivity contribution in [2.45, 2.75) is 0 Å². The fourth-order valence-corrected chi connectivity index (χ4v) is 2.25. The molecule has 1 aliphatic heterocycles. The van der Waals surface area contributed by atoms with Gasteiger partial charge in [-0.25, -0.2) is 4.98 Å². The van der Waals surface area contributed by atoms with Gasteiger partial charge in [-0.3, -0.25) is 10.1 Å². The SMILES string of the molecule is COc1nc(N2CCOCC2)nc2cc([N+](=O)[O-])ccc12. The number of hydrogen-bond donors (Lipinski definition) is 0. The summed E-state index contributed by atoms with van der Waals surface area (Å²) >= 11 is 0. The molecule has 8 nitrogen and oxygen atoms in total. The van der Waals surface area contributed by atoms with Gasteiger partial charge in [0.25, 0.3) is 5.69 Å². The molecule has 0 amide bonds. The summed E-state index contributed by atoms with van der Waals surface area (Å²) in [6, 6.07) is 4.46. The molecule has 1 saturated heterocycles. The zero-order chi connectivity index (χ0) is 14.8. The van der Waals surface area contributed by atoms with Crippen LogP contribution in [0.4, 0.5) is 11.6 Å². The van der Waals surface area contributed by atoms with Gasteiger partial charge in [0.1, 0.15) is 0 Å². The molecule has 0 N–H and O–H groups in total. The molecule has 0 atom stereocenters. The third-order valence-electron chi connectivity index (χ3n) is 3.33. The van der Waals surface area contributed by atoms with Crippen molar-refractivity contribution in [3.8, 4) is 5.88 Å². The smallest absolute Gasteiger partial charge is 0.271 e. The number of morpholine rings is 1. The van der Waals surface area contributed by atoms with Gasteiger partial charge in [0.2, 0.25) is 11.8 Å². The molecule has 21 heavy (non-hydrogen) atoms. The summed E-state index contributed by atoms with van der Waals surface area (Å²) in [4.78, 5) is 21.2.